The van der Waals surface area contributed by atoms with Gasteiger partial charge in [0.2, 0.25) is 0 Å². The number of rotatable bonds is 3. The average Bonchev–Trinajstić information content (AvgIpc) is 3.47. The van der Waals surface area contributed by atoms with Gasteiger partial charge >= 0.3 is 0 Å². The summed E-state index contributed by atoms with van der Waals surface area (Å²) < 4.78 is 4.33. The molecule has 0 aliphatic carbocycles. The van der Waals surface area contributed by atoms with Gasteiger partial charge in [-0.1, -0.05) is 60.7 Å². The van der Waals surface area contributed by atoms with Crippen molar-refractivity contribution in [2.24, 2.45) is 0 Å². The first-order valence-electron chi connectivity index (χ1n) is 11.5. The van der Waals surface area contributed by atoms with Crippen LogP contribution in [0.5, 0.6) is 0 Å². The zero-order valence-electron chi connectivity index (χ0n) is 18.7. The topological polar surface area (TPSA) is 48.0 Å². The van der Waals surface area contributed by atoms with Gasteiger partial charge in [0.05, 0.1) is 16.7 Å². The van der Waals surface area contributed by atoms with Gasteiger partial charge in [-0.3, -0.25) is 4.40 Å². The van der Waals surface area contributed by atoms with Crippen LogP contribution in [0.15, 0.2) is 97.2 Å². The molecule has 0 bridgehead atoms. The third kappa shape index (κ3) is 2.70. The molecule has 0 N–H and O–H groups in total. The molecule has 0 amide bonds. The predicted molar refractivity (Wildman–Crippen MR) is 138 cm³/mol. The van der Waals surface area contributed by atoms with E-state index < -0.39 is 0 Å². The van der Waals surface area contributed by atoms with Gasteiger partial charge in [0.25, 0.3) is 0 Å². The molecule has 162 valence electrons. The standard InChI is InChI=1S/C29H21N5/c1-2-33-24-15-6-5-14-23(24)30-28(33)20-11-9-10-19(18-20)26-21-12-3-4-13-22(21)27-29(32-26)34-17-8-7-16-25(34)31-27/h3-18H,2H2,1H3. The van der Waals surface area contributed by atoms with Crippen molar-refractivity contribution in [3.05, 3.63) is 97.2 Å². The number of pyridine rings is 2. The van der Waals surface area contributed by atoms with E-state index in [2.05, 4.69) is 82.6 Å². The normalized spacial score (nSPS) is 11.8. The Kier molecular flexibility index (Phi) is 4.05. The molecule has 7 rings (SSSR count). The SMILES string of the molecule is CCn1c(-c2cccc(-c3nc4c(nc5ccccn54)c4ccccc34)c2)nc2ccccc21. The summed E-state index contributed by atoms with van der Waals surface area (Å²) in [6.45, 7) is 3.02. The van der Waals surface area contributed by atoms with Crippen molar-refractivity contribution in [3.8, 4) is 22.6 Å². The minimum absolute atomic E-state index is 0.856. The summed E-state index contributed by atoms with van der Waals surface area (Å²) in [4.78, 5) is 15.0. The first kappa shape index (κ1) is 19.0. The summed E-state index contributed by atoms with van der Waals surface area (Å²) in [5, 5.41) is 2.21. The summed E-state index contributed by atoms with van der Waals surface area (Å²) in [6, 6.07) is 31.3. The van der Waals surface area contributed by atoms with Gasteiger partial charge in [-0.05, 0) is 37.3 Å². The van der Waals surface area contributed by atoms with Gasteiger partial charge in [0, 0.05) is 34.6 Å². The van der Waals surface area contributed by atoms with Crippen molar-refractivity contribution >= 4 is 38.6 Å². The number of aromatic nitrogens is 5. The van der Waals surface area contributed by atoms with Crippen molar-refractivity contribution in [2.45, 2.75) is 13.5 Å². The largest absolute Gasteiger partial charge is 0.324 e. The van der Waals surface area contributed by atoms with Crippen LogP contribution in [0, 0.1) is 0 Å². The number of nitrogens with zero attached hydrogens (tertiary/aromatic N) is 5. The molecule has 0 unspecified atom stereocenters. The van der Waals surface area contributed by atoms with E-state index >= 15 is 0 Å². The quantitative estimate of drug-likeness (QED) is 0.306. The number of fused-ring (bicyclic) bond motifs is 6. The summed E-state index contributed by atoms with van der Waals surface area (Å²) in [5.74, 6) is 0.978. The molecular formula is C29H21N5. The molecular weight excluding hydrogens is 418 g/mol. The van der Waals surface area contributed by atoms with Gasteiger partial charge in [-0.15, -0.1) is 0 Å². The van der Waals surface area contributed by atoms with Crippen molar-refractivity contribution in [2.75, 3.05) is 0 Å². The molecule has 0 aliphatic heterocycles. The summed E-state index contributed by atoms with van der Waals surface area (Å²) in [5.41, 5.74) is 7.97. The van der Waals surface area contributed by atoms with E-state index in [9.17, 15) is 0 Å². The van der Waals surface area contributed by atoms with Crippen LogP contribution in [-0.2, 0) is 6.54 Å². The highest BCUT2D eigenvalue weighted by atomic mass is 15.1. The number of benzene rings is 3. The third-order valence-electron chi connectivity index (χ3n) is 6.52. The highest BCUT2D eigenvalue weighted by Gasteiger charge is 2.16. The van der Waals surface area contributed by atoms with E-state index in [4.69, 9.17) is 15.0 Å². The summed E-state index contributed by atoms with van der Waals surface area (Å²) in [7, 11) is 0. The van der Waals surface area contributed by atoms with Crippen molar-refractivity contribution in [1.29, 1.82) is 0 Å². The smallest absolute Gasteiger partial charge is 0.165 e. The Labute approximate surface area is 196 Å². The molecule has 0 saturated heterocycles. The fourth-order valence-corrected chi connectivity index (χ4v) is 4.97. The van der Waals surface area contributed by atoms with Gasteiger partial charge < -0.3 is 4.57 Å². The third-order valence-corrected chi connectivity index (χ3v) is 6.52. The Morgan fingerprint density at radius 1 is 0.706 bits per heavy atom. The minimum Gasteiger partial charge on any atom is -0.324 e. The van der Waals surface area contributed by atoms with E-state index in [0.29, 0.717) is 0 Å². The minimum atomic E-state index is 0.856. The van der Waals surface area contributed by atoms with Crippen LogP contribution in [-0.4, -0.2) is 23.9 Å². The molecule has 0 fully saturated rings. The van der Waals surface area contributed by atoms with Crippen molar-refractivity contribution in [1.82, 2.24) is 23.9 Å². The van der Waals surface area contributed by atoms with Crippen LogP contribution in [0.2, 0.25) is 0 Å². The number of hydrogen-bond donors (Lipinski definition) is 0. The van der Waals surface area contributed by atoms with Crippen LogP contribution >= 0.6 is 0 Å². The van der Waals surface area contributed by atoms with Gasteiger partial charge in [0.15, 0.2) is 5.65 Å². The fourth-order valence-electron chi connectivity index (χ4n) is 4.97. The molecule has 7 aromatic rings. The van der Waals surface area contributed by atoms with Gasteiger partial charge in [-0.2, -0.15) is 0 Å². The lowest BCUT2D eigenvalue weighted by atomic mass is 10.0. The predicted octanol–water partition coefficient (Wildman–Crippen LogP) is 6.74. The van der Waals surface area contributed by atoms with E-state index in [1.807, 2.05) is 30.5 Å². The molecule has 0 aliphatic rings. The monoisotopic (exact) mass is 439 g/mol. The Balaban J connectivity index is 1.50. The molecule has 0 saturated carbocycles. The molecule has 0 atom stereocenters. The molecule has 5 nitrogen and oxygen atoms in total. The second-order valence-corrected chi connectivity index (χ2v) is 8.47. The van der Waals surface area contributed by atoms with Crippen LogP contribution in [0.3, 0.4) is 0 Å². The van der Waals surface area contributed by atoms with E-state index in [-0.39, 0.29) is 0 Å². The Bertz CT molecular complexity index is 1860. The average molecular weight is 440 g/mol. The van der Waals surface area contributed by atoms with Gasteiger partial charge in [-0.25, -0.2) is 15.0 Å². The van der Waals surface area contributed by atoms with E-state index in [1.54, 1.807) is 0 Å². The number of imidazole rings is 2. The van der Waals surface area contributed by atoms with Crippen LogP contribution in [0.25, 0.3) is 61.3 Å². The number of para-hydroxylation sites is 2. The molecule has 0 spiro atoms. The first-order valence-corrected chi connectivity index (χ1v) is 11.5. The lowest BCUT2D eigenvalue weighted by molar-refractivity contribution is 0.796. The molecule has 34 heavy (non-hydrogen) atoms. The molecule has 5 heteroatoms. The summed E-state index contributed by atoms with van der Waals surface area (Å²) in [6.07, 6.45) is 2.02. The number of aryl methyl sites for hydroxylation is 1. The van der Waals surface area contributed by atoms with Crippen LogP contribution in [0.4, 0.5) is 0 Å². The summed E-state index contributed by atoms with van der Waals surface area (Å²) >= 11 is 0. The van der Waals surface area contributed by atoms with E-state index in [1.165, 1.54) is 0 Å². The maximum Gasteiger partial charge on any atom is 0.165 e. The first-order chi connectivity index (χ1) is 16.8. The van der Waals surface area contributed by atoms with Crippen molar-refractivity contribution in [3.63, 3.8) is 0 Å². The Morgan fingerprint density at radius 3 is 2.41 bits per heavy atom. The highest BCUT2D eigenvalue weighted by molar-refractivity contribution is 6.09. The number of hydrogen-bond acceptors (Lipinski definition) is 3. The fraction of sp³-hybridized carbons (Fsp3) is 0.0690. The van der Waals surface area contributed by atoms with Crippen molar-refractivity contribution < 1.29 is 0 Å². The zero-order chi connectivity index (χ0) is 22.6. The molecule has 0 radical (unpaired) electrons. The second kappa shape index (κ2) is 7.25. The Hall–Kier alpha value is -4.51. The Morgan fingerprint density at radius 2 is 1.50 bits per heavy atom. The highest BCUT2D eigenvalue weighted by Crippen LogP contribution is 2.34. The maximum absolute atomic E-state index is 5.16. The lowest BCUT2D eigenvalue weighted by Gasteiger charge is -2.10. The van der Waals surface area contributed by atoms with E-state index in [0.717, 1.165) is 67.8 Å². The molecule has 4 heterocycles. The van der Waals surface area contributed by atoms with Crippen LogP contribution < -0.4 is 0 Å². The van der Waals surface area contributed by atoms with Gasteiger partial charge in [0.1, 0.15) is 17.0 Å². The van der Waals surface area contributed by atoms with Crippen LogP contribution in [0.1, 0.15) is 6.92 Å². The molecule has 3 aromatic carbocycles. The lowest BCUT2D eigenvalue weighted by Crippen LogP contribution is -1.98. The maximum atomic E-state index is 5.16. The molecule has 4 aromatic heterocycles. The second-order valence-electron chi connectivity index (χ2n) is 8.47. The zero-order valence-corrected chi connectivity index (χ0v) is 18.7.